The van der Waals surface area contributed by atoms with E-state index in [0.717, 1.165) is 17.1 Å². The third kappa shape index (κ3) is 2.89. The topological polar surface area (TPSA) is 131 Å². The van der Waals surface area contributed by atoms with Crippen LogP contribution in [0.15, 0.2) is 49.1 Å². The number of imidazole rings is 1. The maximum atomic E-state index is 9.34. The van der Waals surface area contributed by atoms with E-state index in [1.807, 2.05) is 43.3 Å². The van der Waals surface area contributed by atoms with Gasteiger partial charge in [-0.05, 0) is 31.2 Å². The molecule has 4 rings (SSSR count). The quantitative estimate of drug-likeness (QED) is 0.568. The highest BCUT2D eigenvalue weighted by Gasteiger charge is 2.22. The van der Waals surface area contributed by atoms with Crippen LogP contribution in [0.4, 0.5) is 11.6 Å². The van der Waals surface area contributed by atoms with E-state index in [2.05, 4.69) is 25.4 Å². The summed E-state index contributed by atoms with van der Waals surface area (Å²) in [5.74, 6) is 0.485. The predicted octanol–water partition coefficient (Wildman–Crippen LogP) is 2.21. The Morgan fingerprint density at radius 2 is 2.04 bits per heavy atom. The Bertz CT molecular complexity index is 1140. The molecular weight excluding hydrogens is 342 g/mol. The fourth-order valence-electron chi connectivity index (χ4n) is 2.84. The van der Waals surface area contributed by atoms with Crippen molar-refractivity contribution in [2.45, 2.75) is 13.0 Å². The molecule has 0 aliphatic heterocycles. The number of pyridine rings is 1. The number of anilines is 2. The van der Waals surface area contributed by atoms with Crippen LogP contribution in [0.5, 0.6) is 0 Å². The third-order valence-corrected chi connectivity index (χ3v) is 4.08. The first-order chi connectivity index (χ1) is 13.2. The summed E-state index contributed by atoms with van der Waals surface area (Å²) < 4.78 is 1.75. The fourth-order valence-corrected chi connectivity index (χ4v) is 2.84. The van der Waals surface area contributed by atoms with Gasteiger partial charge >= 0.3 is 0 Å². The molecule has 0 aliphatic carbocycles. The summed E-state index contributed by atoms with van der Waals surface area (Å²) in [5, 5.41) is 16.9. The summed E-state index contributed by atoms with van der Waals surface area (Å²) in [5.41, 5.74) is 8.92. The highest BCUT2D eigenvalue weighted by Crippen LogP contribution is 2.30. The molecule has 4 aromatic rings. The molecule has 1 atom stereocenters. The van der Waals surface area contributed by atoms with E-state index in [9.17, 15) is 5.26 Å². The number of hydrogen-bond donors (Lipinski definition) is 2. The van der Waals surface area contributed by atoms with Gasteiger partial charge in [0.25, 0.3) is 0 Å². The zero-order valence-corrected chi connectivity index (χ0v) is 14.4. The number of rotatable bonds is 4. The number of fused-ring (bicyclic) bond motifs is 1. The average Bonchev–Trinajstić information content (AvgIpc) is 3.08. The highest BCUT2D eigenvalue weighted by atomic mass is 15.3. The largest absolute Gasteiger partial charge is 0.382 e. The molecule has 4 aromatic heterocycles. The molecule has 0 saturated heterocycles. The molecule has 0 fully saturated rings. The molecule has 4 heterocycles. The number of nitrogens with zero attached hydrogens (tertiary/aromatic N) is 7. The van der Waals surface area contributed by atoms with Crippen LogP contribution in [0.1, 0.15) is 24.2 Å². The van der Waals surface area contributed by atoms with Crippen molar-refractivity contribution in [3.63, 3.8) is 0 Å². The van der Waals surface area contributed by atoms with Gasteiger partial charge in [-0.3, -0.25) is 4.98 Å². The predicted molar refractivity (Wildman–Crippen MR) is 99.4 cm³/mol. The molecular formula is C18H15N9. The van der Waals surface area contributed by atoms with E-state index in [4.69, 9.17) is 10.7 Å². The number of nitrogens with two attached hydrogens (primary N) is 1. The molecule has 0 amide bonds. The zero-order valence-electron chi connectivity index (χ0n) is 14.4. The van der Waals surface area contributed by atoms with Crippen LogP contribution in [-0.2, 0) is 0 Å². The lowest BCUT2D eigenvalue weighted by Gasteiger charge is -2.15. The van der Waals surface area contributed by atoms with Gasteiger partial charge in [0.2, 0.25) is 0 Å². The zero-order chi connectivity index (χ0) is 18.8. The lowest BCUT2D eigenvalue weighted by Crippen LogP contribution is -2.12. The molecule has 0 bridgehead atoms. The van der Waals surface area contributed by atoms with Crippen molar-refractivity contribution in [1.29, 1.82) is 5.26 Å². The second-order valence-corrected chi connectivity index (χ2v) is 5.81. The average molecular weight is 357 g/mol. The van der Waals surface area contributed by atoms with Gasteiger partial charge in [-0.1, -0.05) is 6.07 Å². The van der Waals surface area contributed by atoms with E-state index in [0.29, 0.717) is 11.5 Å². The van der Waals surface area contributed by atoms with Crippen LogP contribution in [0.25, 0.3) is 17.0 Å². The standard InChI is InChI=1S/C18H15N9/c1-11(25-18-12(9-19)17(20)22-10-23-18)15-16(13-5-2-3-7-21-13)27-14(26-15)6-4-8-24-27/h2-8,10-11H,1H3,(H3,20,22,23,25). The van der Waals surface area contributed by atoms with E-state index in [1.54, 1.807) is 16.9 Å². The Balaban J connectivity index is 1.82. The summed E-state index contributed by atoms with van der Waals surface area (Å²) >= 11 is 0. The molecule has 0 saturated carbocycles. The second-order valence-electron chi connectivity index (χ2n) is 5.81. The first kappa shape index (κ1) is 16.4. The van der Waals surface area contributed by atoms with E-state index in [1.165, 1.54) is 6.33 Å². The normalized spacial score (nSPS) is 11.9. The number of aromatic nitrogens is 6. The fraction of sp³-hybridized carbons (Fsp3) is 0.111. The Kier molecular flexibility index (Phi) is 4.06. The van der Waals surface area contributed by atoms with Crippen molar-refractivity contribution in [1.82, 2.24) is 29.5 Å². The van der Waals surface area contributed by atoms with E-state index in [-0.39, 0.29) is 17.4 Å². The first-order valence-corrected chi connectivity index (χ1v) is 8.21. The number of nitriles is 1. The maximum absolute atomic E-state index is 9.34. The summed E-state index contributed by atoms with van der Waals surface area (Å²) in [6.07, 6.45) is 4.73. The molecule has 0 spiro atoms. The monoisotopic (exact) mass is 357 g/mol. The van der Waals surface area contributed by atoms with Gasteiger partial charge in [0.05, 0.1) is 17.4 Å². The van der Waals surface area contributed by atoms with Crippen LogP contribution in [-0.4, -0.2) is 29.5 Å². The molecule has 3 N–H and O–H groups in total. The number of nitrogen functional groups attached to an aromatic ring is 1. The van der Waals surface area contributed by atoms with Crippen molar-refractivity contribution in [3.8, 4) is 17.5 Å². The molecule has 9 heteroatoms. The van der Waals surface area contributed by atoms with Crippen LogP contribution in [0.3, 0.4) is 0 Å². The van der Waals surface area contributed by atoms with Crippen LogP contribution >= 0.6 is 0 Å². The summed E-state index contributed by atoms with van der Waals surface area (Å²) in [6, 6.07) is 11.1. The third-order valence-electron chi connectivity index (χ3n) is 4.08. The smallest absolute Gasteiger partial charge is 0.154 e. The van der Waals surface area contributed by atoms with Gasteiger partial charge in [-0.2, -0.15) is 10.4 Å². The van der Waals surface area contributed by atoms with Crippen molar-refractivity contribution >= 4 is 17.3 Å². The second kappa shape index (κ2) is 6.68. The Hall–Kier alpha value is -4.06. The van der Waals surface area contributed by atoms with Gasteiger partial charge in [-0.25, -0.2) is 19.5 Å². The van der Waals surface area contributed by atoms with Gasteiger partial charge in [0, 0.05) is 12.4 Å². The van der Waals surface area contributed by atoms with Crippen molar-refractivity contribution in [3.05, 3.63) is 60.3 Å². The maximum Gasteiger partial charge on any atom is 0.154 e. The summed E-state index contributed by atoms with van der Waals surface area (Å²) in [7, 11) is 0. The summed E-state index contributed by atoms with van der Waals surface area (Å²) in [4.78, 5) is 17.1. The lowest BCUT2D eigenvalue weighted by atomic mass is 10.1. The van der Waals surface area contributed by atoms with Gasteiger partial charge in [-0.15, -0.1) is 0 Å². The minimum Gasteiger partial charge on any atom is -0.382 e. The minimum absolute atomic E-state index is 0.129. The minimum atomic E-state index is -0.287. The Morgan fingerprint density at radius 1 is 1.15 bits per heavy atom. The van der Waals surface area contributed by atoms with Crippen molar-refractivity contribution < 1.29 is 0 Å². The SMILES string of the molecule is CC(Nc1ncnc(N)c1C#N)c1nc2cccnn2c1-c1ccccn1. The molecule has 27 heavy (non-hydrogen) atoms. The summed E-state index contributed by atoms with van der Waals surface area (Å²) in [6.45, 7) is 1.92. The Labute approximate surface area is 154 Å². The van der Waals surface area contributed by atoms with Crippen molar-refractivity contribution in [2.24, 2.45) is 0 Å². The molecule has 0 aliphatic rings. The number of nitrogens with one attached hydrogen (secondary N) is 1. The molecule has 9 nitrogen and oxygen atoms in total. The van der Waals surface area contributed by atoms with Gasteiger partial charge in [0.15, 0.2) is 5.65 Å². The molecule has 1 unspecified atom stereocenters. The van der Waals surface area contributed by atoms with Gasteiger partial charge < -0.3 is 11.1 Å². The van der Waals surface area contributed by atoms with Gasteiger partial charge in [0.1, 0.15) is 35.3 Å². The van der Waals surface area contributed by atoms with Crippen molar-refractivity contribution in [2.75, 3.05) is 11.1 Å². The molecule has 0 radical (unpaired) electrons. The van der Waals surface area contributed by atoms with E-state index >= 15 is 0 Å². The number of hydrogen-bond acceptors (Lipinski definition) is 8. The highest BCUT2D eigenvalue weighted by molar-refractivity contribution is 5.66. The van der Waals surface area contributed by atoms with Crippen LogP contribution < -0.4 is 11.1 Å². The van der Waals surface area contributed by atoms with Crippen LogP contribution in [0.2, 0.25) is 0 Å². The van der Waals surface area contributed by atoms with Crippen LogP contribution in [0, 0.1) is 11.3 Å². The first-order valence-electron chi connectivity index (χ1n) is 8.21. The lowest BCUT2D eigenvalue weighted by molar-refractivity contribution is 0.838. The molecule has 0 aromatic carbocycles. The van der Waals surface area contributed by atoms with E-state index < -0.39 is 0 Å². The molecule has 132 valence electrons. The Morgan fingerprint density at radius 3 is 2.81 bits per heavy atom.